The molecule has 4 heteroatoms. The van der Waals surface area contributed by atoms with E-state index in [1.54, 1.807) is 0 Å². The van der Waals surface area contributed by atoms with Crippen LogP contribution >= 0.6 is 15.9 Å². The molecule has 0 aliphatic rings. The largest absolute Gasteiger partial charge is 0.492 e. The normalized spacial score (nSPS) is 12.4. The Balaban J connectivity index is 2.02. The third-order valence-electron chi connectivity index (χ3n) is 2.72. The second-order valence-electron chi connectivity index (χ2n) is 4.12. The van der Waals surface area contributed by atoms with E-state index in [1.165, 1.54) is 0 Å². The quantitative estimate of drug-likeness (QED) is 0.920. The van der Waals surface area contributed by atoms with Crippen LogP contribution in [0.3, 0.4) is 0 Å². The molecule has 2 aromatic rings. The molecule has 0 aliphatic heterocycles. The maximum absolute atomic E-state index is 5.77. The smallest absolute Gasteiger partial charge is 0.133 e. The van der Waals surface area contributed by atoms with Gasteiger partial charge in [0.05, 0.1) is 17.0 Å². The van der Waals surface area contributed by atoms with Crippen LogP contribution in [-0.2, 0) is 0 Å². The molecule has 0 radical (unpaired) electrons. The van der Waals surface area contributed by atoms with Crippen molar-refractivity contribution in [2.75, 3.05) is 13.2 Å². The van der Waals surface area contributed by atoms with E-state index >= 15 is 0 Å². The predicted octanol–water partition coefficient (Wildman–Crippen LogP) is 3.47. The van der Waals surface area contributed by atoms with Crippen molar-refractivity contribution in [3.63, 3.8) is 0 Å². The minimum Gasteiger partial charge on any atom is -0.492 e. The molecule has 1 atom stereocenters. The van der Waals surface area contributed by atoms with Gasteiger partial charge in [0, 0.05) is 6.54 Å². The summed E-state index contributed by atoms with van der Waals surface area (Å²) >= 11 is 3.45. The van der Waals surface area contributed by atoms with Gasteiger partial charge in [0.1, 0.15) is 17.3 Å². The van der Waals surface area contributed by atoms with E-state index in [2.05, 4.69) is 15.9 Å². The summed E-state index contributed by atoms with van der Waals surface area (Å²) < 4.78 is 12.3. The Morgan fingerprint density at radius 1 is 1.28 bits per heavy atom. The van der Waals surface area contributed by atoms with Crippen LogP contribution < -0.4 is 10.5 Å². The second-order valence-corrected chi connectivity index (χ2v) is 4.98. The van der Waals surface area contributed by atoms with Crippen LogP contribution in [-0.4, -0.2) is 13.2 Å². The Bertz CT molecular complexity index is 510. The number of rotatable bonds is 5. The summed E-state index contributed by atoms with van der Waals surface area (Å²) in [5.74, 6) is 2.66. The van der Waals surface area contributed by atoms with Gasteiger partial charge in [0.15, 0.2) is 0 Å². The minimum absolute atomic E-state index is 0.0748. The zero-order chi connectivity index (χ0) is 13.0. The number of benzene rings is 1. The lowest BCUT2D eigenvalue weighted by Crippen LogP contribution is -2.19. The average molecular weight is 310 g/mol. The van der Waals surface area contributed by atoms with Crippen molar-refractivity contribution in [3.8, 4) is 5.75 Å². The Morgan fingerprint density at radius 2 is 2.06 bits per heavy atom. The van der Waals surface area contributed by atoms with Crippen molar-refractivity contribution >= 4 is 15.9 Å². The van der Waals surface area contributed by atoms with Gasteiger partial charge in [-0.05, 0) is 47.1 Å². The van der Waals surface area contributed by atoms with Crippen molar-refractivity contribution in [2.45, 2.75) is 12.8 Å². The number of aryl methyl sites for hydroxylation is 1. The highest BCUT2D eigenvalue weighted by Gasteiger charge is 2.15. The molecule has 2 N–H and O–H groups in total. The van der Waals surface area contributed by atoms with Gasteiger partial charge in [-0.2, -0.15) is 0 Å². The van der Waals surface area contributed by atoms with Crippen LogP contribution in [0.1, 0.15) is 17.4 Å². The zero-order valence-corrected chi connectivity index (χ0v) is 11.8. The first-order valence-electron chi connectivity index (χ1n) is 5.84. The molecule has 0 bridgehead atoms. The molecule has 0 saturated heterocycles. The lowest BCUT2D eigenvalue weighted by atomic mass is 10.1. The van der Waals surface area contributed by atoms with Crippen LogP contribution in [0.2, 0.25) is 0 Å². The second kappa shape index (κ2) is 6.07. The molecule has 3 nitrogen and oxygen atoms in total. The van der Waals surface area contributed by atoms with E-state index in [1.807, 2.05) is 43.3 Å². The van der Waals surface area contributed by atoms with Gasteiger partial charge in [-0.3, -0.25) is 0 Å². The van der Waals surface area contributed by atoms with Gasteiger partial charge >= 0.3 is 0 Å². The first-order valence-corrected chi connectivity index (χ1v) is 6.63. The number of furan rings is 1. The Kier molecular flexibility index (Phi) is 4.44. The molecular formula is C14H16BrNO2. The molecule has 0 aliphatic carbocycles. The van der Waals surface area contributed by atoms with Gasteiger partial charge < -0.3 is 14.9 Å². The lowest BCUT2D eigenvalue weighted by molar-refractivity contribution is 0.270. The zero-order valence-electron chi connectivity index (χ0n) is 10.2. The highest BCUT2D eigenvalue weighted by atomic mass is 79.9. The van der Waals surface area contributed by atoms with E-state index in [0.717, 1.165) is 21.7 Å². The summed E-state index contributed by atoms with van der Waals surface area (Å²) in [7, 11) is 0. The molecule has 1 aromatic heterocycles. The number of para-hydroxylation sites is 1. The maximum atomic E-state index is 5.77. The predicted molar refractivity (Wildman–Crippen MR) is 74.9 cm³/mol. The topological polar surface area (TPSA) is 48.4 Å². The molecule has 0 spiro atoms. The monoisotopic (exact) mass is 309 g/mol. The SMILES string of the molecule is Cc1ccc(C(CN)COc2ccccc2Br)o1. The fraction of sp³-hybridized carbons (Fsp3) is 0.286. The first-order chi connectivity index (χ1) is 8.70. The Morgan fingerprint density at radius 3 is 2.67 bits per heavy atom. The molecule has 1 heterocycles. The van der Waals surface area contributed by atoms with Gasteiger partial charge in [0.25, 0.3) is 0 Å². The number of nitrogens with two attached hydrogens (primary N) is 1. The molecule has 1 aromatic carbocycles. The van der Waals surface area contributed by atoms with Crippen molar-refractivity contribution in [3.05, 3.63) is 52.4 Å². The van der Waals surface area contributed by atoms with Crippen molar-refractivity contribution in [2.24, 2.45) is 5.73 Å². The number of ether oxygens (including phenoxy) is 1. The fourth-order valence-electron chi connectivity index (χ4n) is 1.69. The third kappa shape index (κ3) is 3.15. The van der Waals surface area contributed by atoms with Gasteiger partial charge in [-0.15, -0.1) is 0 Å². The molecule has 0 saturated carbocycles. The molecule has 2 rings (SSSR count). The van der Waals surface area contributed by atoms with Crippen LogP contribution in [0, 0.1) is 6.92 Å². The molecule has 96 valence electrons. The first kappa shape index (κ1) is 13.2. The molecule has 1 unspecified atom stereocenters. The lowest BCUT2D eigenvalue weighted by Gasteiger charge is -2.14. The molecule has 0 amide bonds. The van der Waals surface area contributed by atoms with Crippen molar-refractivity contribution < 1.29 is 9.15 Å². The molecular weight excluding hydrogens is 294 g/mol. The fourth-order valence-corrected chi connectivity index (χ4v) is 2.09. The Labute approximate surface area is 115 Å². The third-order valence-corrected chi connectivity index (χ3v) is 3.38. The summed E-state index contributed by atoms with van der Waals surface area (Å²) in [5.41, 5.74) is 5.76. The minimum atomic E-state index is 0.0748. The van der Waals surface area contributed by atoms with Crippen molar-refractivity contribution in [1.82, 2.24) is 0 Å². The average Bonchev–Trinajstić information content (AvgIpc) is 2.79. The van der Waals surface area contributed by atoms with Crippen LogP contribution in [0.5, 0.6) is 5.75 Å². The maximum Gasteiger partial charge on any atom is 0.133 e. The van der Waals surface area contributed by atoms with Crippen LogP contribution in [0.25, 0.3) is 0 Å². The highest BCUT2D eigenvalue weighted by molar-refractivity contribution is 9.10. The van der Waals surface area contributed by atoms with Gasteiger partial charge in [0.2, 0.25) is 0 Å². The van der Waals surface area contributed by atoms with E-state index in [4.69, 9.17) is 14.9 Å². The van der Waals surface area contributed by atoms with Gasteiger partial charge in [-0.1, -0.05) is 12.1 Å². The highest BCUT2D eigenvalue weighted by Crippen LogP contribution is 2.26. The summed E-state index contributed by atoms with van der Waals surface area (Å²) in [5, 5.41) is 0. The summed E-state index contributed by atoms with van der Waals surface area (Å²) in [6.07, 6.45) is 0. The standard InChI is InChI=1S/C14H16BrNO2/c1-10-6-7-13(18-10)11(8-16)9-17-14-5-3-2-4-12(14)15/h2-7,11H,8-9,16H2,1H3. The van der Waals surface area contributed by atoms with Crippen LogP contribution in [0.15, 0.2) is 45.3 Å². The molecule has 0 fully saturated rings. The van der Waals surface area contributed by atoms with Gasteiger partial charge in [-0.25, -0.2) is 0 Å². The number of hydrogen-bond acceptors (Lipinski definition) is 3. The molecule has 18 heavy (non-hydrogen) atoms. The van der Waals surface area contributed by atoms with Crippen molar-refractivity contribution in [1.29, 1.82) is 0 Å². The summed E-state index contributed by atoms with van der Waals surface area (Å²) in [6, 6.07) is 11.7. The summed E-state index contributed by atoms with van der Waals surface area (Å²) in [6.45, 7) is 2.93. The van der Waals surface area contributed by atoms with E-state index < -0.39 is 0 Å². The summed E-state index contributed by atoms with van der Waals surface area (Å²) in [4.78, 5) is 0. The van der Waals surface area contributed by atoms with E-state index in [9.17, 15) is 0 Å². The Hall–Kier alpha value is -1.26. The van der Waals surface area contributed by atoms with E-state index in [0.29, 0.717) is 13.2 Å². The van der Waals surface area contributed by atoms with Crippen LogP contribution in [0.4, 0.5) is 0 Å². The number of halogens is 1. The van der Waals surface area contributed by atoms with E-state index in [-0.39, 0.29) is 5.92 Å². The number of hydrogen-bond donors (Lipinski definition) is 1.